The number of hydrogen-bond donors (Lipinski definition) is 1. The van der Waals surface area contributed by atoms with E-state index in [1.807, 2.05) is 53.6 Å². The summed E-state index contributed by atoms with van der Waals surface area (Å²) in [5.41, 5.74) is 4.21. The molecule has 0 saturated heterocycles. The van der Waals surface area contributed by atoms with Crippen LogP contribution in [-0.2, 0) is 11.3 Å². The van der Waals surface area contributed by atoms with Crippen molar-refractivity contribution >= 4 is 17.6 Å². The minimum absolute atomic E-state index is 0.101. The molecule has 5 nitrogen and oxygen atoms in total. The van der Waals surface area contributed by atoms with E-state index >= 15 is 0 Å². The standard InChI is InChI=1S/C23H24ClN3O2/c1-29-14-6-12-25-23(28)27-16-18-7-2-3-10-20(18)26-13-5-11-21(26)22(27)17-8-4-9-19(24)15-17/h2-5,7-11,13,15,22H,6,12,14,16H2,1H3,(H,25,28)/t22-/m0/s1. The number of nitrogens with one attached hydrogen (secondary N) is 1. The van der Waals surface area contributed by atoms with Crippen molar-refractivity contribution < 1.29 is 9.53 Å². The highest BCUT2D eigenvalue weighted by atomic mass is 35.5. The number of urea groups is 1. The summed E-state index contributed by atoms with van der Waals surface area (Å²) in [7, 11) is 1.66. The van der Waals surface area contributed by atoms with E-state index in [4.69, 9.17) is 16.3 Å². The molecule has 3 aromatic rings. The number of rotatable bonds is 5. The van der Waals surface area contributed by atoms with Gasteiger partial charge < -0.3 is 19.5 Å². The molecule has 0 saturated carbocycles. The molecule has 29 heavy (non-hydrogen) atoms. The van der Waals surface area contributed by atoms with Crippen molar-refractivity contribution in [3.05, 3.63) is 88.7 Å². The van der Waals surface area contributed by atoms with Crippen LogP contribution in [0.15, 0.2) is 66.9 Å². The summed E-state index contributed by atoms with van der Waals surface area (Å²) in [6.07, 6.45) is 2.82. The number of nitrogens with zero attached hydrogens (tertiary/aromatic N) is 2. The van der Waals surface area contributed by atoms with E-state index in [9.17, 15) is 4.79 Å². The zero-order valence-corrected chi connectivity index (χ0v) is 17.1. The second kappa shape index (κ2) is 8.72. The number of para-hydroxylation sites is 1. The number of ether oxygens (including phenoxy) is 1. The molecule has 0 radical (unpaired) electrons. The van der Waals surface area contributed by atoms with Gasteiger partial charge in [0.2, 0.25) is 0 Å². The van der Waals surface area contributed by atoms with Crippen LogP contribution in [-0.4, -0.2) is 35.8 Å². The molecular weight excluding hydrogens is 386 g/mol. The van der Waals surface area contributed by atoms with Gasteiger partial charge in [0.15, 0.2) is 0 Å². The lowest BCUT2D eigenvalue weighted by molar-refractivity contribution is 0.174. The molecule has 2 heterocycles. The molecular formula is C23H24ClN3O2. The average molecular weight is 410 g/mol. The Morgan fingerprint density at radius 2 is 2.03 bits per heavy atom. The molecule has 1 aliphatic heterocycles. The Balaban J connectivity index is 1.77. The first-order valence-electron chi connectivity index (χ1n) is 9.73. The Bertz CT molecular complexity index is 1000. The summed E-state index contributed by atoms with van der Waals surface area (Å²) in [4.78, 5) is 15.1. The fourth-order valence-corrected chi connectivity index (χ4v) is 4.08. The maximum atomic E-state index is 13.3. The number of aromatic nitrogens is 1. The summed E-state index contributed by atoms with van der Waals surface area (Å²) in [5.74, 6) is 0. The van der Waals surface area contributed by atoms with E-state index in [1.165, 1.54) is 0 Å². The van der Waals surface area contributed by atoms with E-state index in [2.05, 4.69) is 28.1 Å². The van der Waals surface area contributed by atoms with E-state index in [-0.39, 0.29) is 12.1 Å². The summed E-state index contributed by atoms with van der Waals surface area (Å²) in [6, 6.07) is 19.7. The number of fused-ring (bicyclic) bond motifs is 3. The highest BCUT2D eigenvalue weighted by Crippen LogP contribution is 2.37. The zero-order chi connectivity index (χ0) is 20.2. The van der Waals surface area contributed by atoms with Crippen LogP contribution in [0.2, 0.25) is 5.02 Å². The topological polar surface area (TPSA) is 46.5 Å². The van der Waals surface area contributed by atoms with Gasteiger partial charge in [-0.2, -0.15) is 0 Å². The summed E-state index contributed by atoms with van der Waals surface area (Å²) in [6.45, 7) is 1.68. The van der Waals surface area contributed by atoms with Crippen LogP contribution in [0.5, 0.6) is 0 Å². The van der Waals surface area contributed by atoms with E-state index in [1.54, 1.807) is 7.11 Å². The van der Waals surface area contributed by atoms with Gasteiger partial charge in [0.1, 0.15) is 0 Å². The minimum Gasteiger partial charge on any atom is -0.385 e. The third-order valence-electron chi connectivity index (χ3n) is 5.19. The van der Waals surface area contributed by atoms with Gasteiger partial charge in [-0.3, -0.25) is 0 Å². The van der Waals surface area contributed by atoms with Crippen LogP contribution in [0, 0.1) is 0 Å². The smallest absolute Gasteiger partial charge is 0.318 e. The molecule has 150 valence electrons. The van der Waals surface area contributed by atoms with Crippen LogP contribution in [0.4, 0.5) is 4.79 Å². The summed E-state index contributed by atoms with van der Waals surface area (Å²) >= 11 is 6.30. The normalized spacial score (nSPS) is 15.4. The highest BCUT2D eigenvalue weighted by Gasteiger charge is 2.32. The van der Waals surface area contributed by atoms with Gasteiger partial charge >= 0.3 is 6.03 Å². The lowest BCUT2D eigenvalue weighted by Crippen LogP contribution is -2.42. The molecule has 2 aromatic carbocycles. The van der Waals surface area contributed by atoms with Crippen molar-refractivity contribution in [2.45, 2.75) is 19.0 Å². The molecule has 1 atom stereocenters. The third-order valence-corrected chi connectivity index (χ3v) is 5.43. The van der Waals surface area contributed by atoms with Crippen LogP contribution in [0.1, 0.15) is 29.3 Å². The Hall–Kier alpha value is -2.76. The lowest BCUT2D eigenvalue weighted by Gasteiger charge is -2.31. The molecule has 2 amide bonds. The van der Waals surface area contributed by atoms with Gasteiger partial charge in [0, 0.05) is 37.2 Å². The fraction of sp³-hybridized carbons (Fsp3) is 0.261. The molecule has 0 aliphatic carbocycles. The highest BCUT2D eigenvalue weighted by molar-refractivity contribution is 6.30. The minimum atomic E-state index is -0.251. The second-order valence-corrected chi connectivity index (χ2v) is 7.53. The Kier molecular flexibility index (Phi) is 5.88. The maximum absolute atomic E-state index is 13.3. The molecule has 1 aliphatic rings. The number of amides is 2. The number of hydrogen-bond acceptors (Lipinski definition) is 2. The van der Waals surface area contributed by atoms with Crippen molar-refractivity contribution in [1.82, 2.24) is 14.8 Å². The molecule has 4 rings (SSSR count). The average Bonchev–Trinajstić information content (AvgIpc) is 3.15. The Morgan fingerprint density at radius 3 is 2.86 bits per heavy atom. The zero-order valence-electron chi connectivity index (χ0n) is 16.3. The second-order valence-electron chi connectivity index (χ2n) is 7.10. The van der Waals surface area contributed by atoms with Gasteiger partial charge in [-0.25, -0.2) is 4.79 Å². The molecule has 0 spiro atoms. The molecule has 0 bridgehead atoms. The molecule has 6 heteroatoms. The largest absolute Gasteiger partial charge is 0.385 e. The first-order chi connectivity index (χ1) is 14.2. The molecule has 1 aromatic heterocycles. The Morgan fingerprint density at radius 1 is 1.17 bits per heavy atom. The van der Waals surface area contributed by atoms with Crippen molar-refractivity contribution in [2.24, 2.45) is 0 Å². The quantitative estimate of drug-likeness (QED) is 0.616. The van der Waals surface area contributed by atoms with Gasteiger partial charge in [0.05, 0.1) is 18.3 Å². The third kappa shape index (κ3) is 4.02. The van der Waals surface area contributed by atoms with Gasteiger partial charge in [-0.05, 0) is 47.9 Å². The number of benzene rings is 2. The van der Waals surface area contributed by atoms with E-state index in [0.29, 0.717) is 24.7 Å². The van der Waals surface area contributed by atoms with Crippen molar-refractivity contribution in [3.8, 4) is 5.69 Å². The first-order valence-corrected chi connectivity index (χ1v) is 10.1. The molecule has 1 N–H and O–H groups in total. The number of halogens is 1. The van der Waals surface area contributed by atoms with Crippen LogP contribution < -0.4 is 5.32 Å². The van der Waals surface area contributed by atoms with E-state index < -0.39 is 0 Å². The van der Waals surface area contributed by atoms with Gasteiger partial charge in [-0.1, -0.05) is 41.9 Å². The predicted molar refractivity (Wildman–Crippen MR) is 114 cm³/mol. The number of carbonyl (C=O) groups excluding carboxylic acids is 1. The number of methoxy groups -OCH3 is 1. The molecule has 0 unspecified atom stereocenters. The predicted octanol–water partition coefficient (Wildman–Crippen LogP) is 4.78. The van der Waals surface area contributed by atoms with Crippen LogP contribution in [0.3, 0.4) is 0 Å². The van der Waals surface area contributed by atoms with Crippen LogP contribution in [0.25, 0.3) is 5.69 Å². The lowest BCUT2D eigenvalue weighted by atomic mass is 10.0. The van der Waals surface area contributed by atoms with Gasteiger partial charge in [-0.15, -0.1) is 0 Å². The van der Waals surface area contributed by atoms with Gasteiger partial charge in [0.25, 0.3) is 0 Å². The molecule has 0 fully saturated rings. The summed E-state index contributed by atoms with van der Waals surface area (Å²) in [5, 5.41) is 3.70. The van der Waals surface area contributed by atoms with Crippen molar-refractivity contribution in [2.75, 3.05) is 20.3 Å². The van der Waals surface area contributed by atoms with Crippen molar-refractivity contribution in [1.29, 1.82) is 0 Å². The van der Waals surface area contributed by atoms with Crippen LogP contribution >= 0.6 is 11.6 Å². The Labute approximate surface area is 175 Å². The van der Waals surface area contributed by atoms with Crippen molar-refractivity contribution in [3.63, 3.8) is 0 Å². The fourth-order valence-electron chi connectivity index (χ4n) is 3.88. The SMILES string of the molecule is COCCCNC(=O)N1Cc2ccccc2-n2cccc2[C@@H]1c1cccc(Cl)c1. The van der Waals surface area contributed by atoms with E-state index in [0.717, 1.165) is 28.9 Å². The monoisotopic (exact) mass is 409 g/mol. The maximum Gasteiger partial charge on any atom is 0.318 e. The number of carbonyl (C=O) groups is 1. The summed E-state index contributed by atoms with van der Waals surface area (Å²) < 4.78 is 7.26. The first kappa shape index (κ1) is 19.6.